The summed E-state index contributed by atoms with van der Waals surface area (Å²) >= 11 is 0. The number of nitrogens with one attached hydrogen (secondary N) is 1. The fourth-order valence-electron chi connectivity index (χ4n) is 1.90. The molecule has 5 nitrogen and oxygen atoms in total. The van der Waals surface area contributed by atoms with Crippen molar-refractivity contribution in [1.29, 1.82) is 0 Å². The van der Waals surface area contributed by atoms with Crippen LogP contribution in [-0.4, -0.2) is 40.6 Å². The lowest BCUT2D eigenvalue weighted by molar-refractivity contribution is -0.139. The smallest absolute Gasteiger partial charge is 0.326 e. The molecule has 0 radical (unpaired) electrons. The third-order valence-electron chi connectivity index (χ3n) is 3.06. The Kier molecular flexibility index (Phi) is 9.00. The van der Waals surface area contributed by atoms with E-state index in [1.54, 1.807) is 4.90 Å². The van der Waals surface area contributed by atoms with Crippen molar-refractivity contribution in [3.8, 4) is 0 Å². The van der Waals surface area contributed by atoms with Gasteiger partial charge in [0.25, 0.3) is 0 Å². The summed E-state index contributed by atoms with van der Waals surface area (Å²) in [6, 6.07) is -0.982. The predicted molar refractivity (Wildman–Crippen MR) is 76.2 cm³/mol. The van der Waals surface area contributed by atoms with E-state index < -0.39 is 12.0 Å². The Hall–Kier alpha value is -1.26. The third kappa shape index (κ3) is 7.03. The van der Waals surface area contributed by atoms with E-state index in [0.717, 1.165) is 25.7 Å². The van der Waals surface area contributed by atoms with Gasteiger partial charge in [-0.2, -0.15) is 0 Å². The zero-order chi connectivity index (χ0) is 14.8. The summed E-state index contributed by atoms with van der Waals surface area (Å²) in [7, 11) is 0. The second-order valence-corrected chi connectivity index (χ2v) is 5.12. The number of aliphatic carboxylic acids is 1. The maximum absolute atomic E-state index is 12.1. The number of amides is 2. The fourth-order valence-corrected chi connectivity index (χ4v) is 1.90. The van der Waals surface area contributed by atoms with E-state index in [9.17, 15) is 9.59 Å². The highest BCUT2D eigenvalue weighted by atomic mass is 16.4. The molecular weight excluding hydrogens is 244 g/mol. The Morgan fingerprint density at radius 2 is 1.79 bits per heavy atom. The van der Waals surface area contributed by atoms with Crippen LogP contribution < -0.4 is 5.32 Å². The highest BCUT2D eigenvalue weighted by molar-refractivity contribution is 5.82. The highest BCUT2D eigenvalue weighted by Crippen LogP contribution is 2.06. The van der Waals surface area contributed by atoms with Crippen LogP contribution in [0.15, 0.2) is 0 Å². The minimum atomic E-state index is -0.965. The van der Waals surface area contributed by atoms with Crippen LogP contribution in [0.4, 0.5) is 4.79 Å². The zero-order valence-corrected chi connectivity index (χ0v) is 12.6. The van der Waals surface area contributed by atoms with Crippen LogP contribution in [0.1, 0.15) is 59.8 Å². The summed E-state index contributed by atoms with van der Waals surface area (Å²) in [4.78, 5) is 24.9. The van der Waals surface area contributed by atoms with Gasteiger partial charge in [-0.1, -0.05) is 33.1 Å². The first-order valence-corrected chi connectivity index (χ1v) is 7.23. The lowest BCUT2D eigenvalue weighted by Crippen LogP contribution is -2.50. The van der Waals surface area contributed by atoms with E-state index in [2.05, 4.69) is 12.2 Å². The monoisotopic (exact) mass is 272 g/mol. The summed E-state index contributed by atoms with van der Waals surface area (Å²) in [6.07, 6.45) is 4.32. The van der Waals surface area contributed by atoms with E-state index >= 15 is 0 Å². The minimum Gasteiger partial charge on any atom is -0.480 e. The molecule has 0 rings (SSSR count). The Morgan fingerprint density at radius 1 is 1.16 bits per heavy atom. The van der Waals surface area contributed by atoms with Gasteiger partial charge in [0, 0.05) is 12.6 Å². The molecule has 0 fully saturated rings. The molecule has 0 bridgehead atoms. The third-order valence-corrected chi connectivity index (χ3v) is 3.06. The van der Waals surface area contributed by atoms with Gasteiger partial charge in [-0.25, -0.2) is 9.59 Å². The Labute approximate surface area is 116 Å². The largest absolute Gasteiger partial charge is 0.480 e. The number of urea groups is 1. The van der Waals surface area contributed by atoms with Crippen LogP contribution in [0.25, 0.3) is 0 Å². The molecule has 1 atom stereocenters. The van der Waals surface area contributed by atoms with Gasteiger partial charge < -0.3 is 15.3 Å². The van der Waals surface area contributed by atoms with Crippen molar-refractivity contribution >= 4 is 12.0 Å². The normalized spacial score (nSPS) is 12.3. The van der Waals surface area contributed by atoms with Gasteiger partial charge in [0.05, 0.1) is 0 Å². The number of nitrogens with zero attached hydrogens (tertiary/aromatic N) is 1. The maximum Gasteiger partial charge on any atom is 0.326 e. The molecule has 0 aliphatic carbocycles. The number of hydrogen-bond acceptors (Lipinski definition) is 2. The molecule has 5 heteroatoms. The van der Waals surface area contributed by atoms with Crippen molar-refractivity contribution in [2.45, 2.75) is 71.9 Å². The van der Waals surface area contributed by atoms with E-state index in [4.69, 9.17) is 5.11 Å². The van der Waals surface area contributed by atoms with E-state index in [1.165, 1.54) is 0 Å². The van der Waals surface area contributed by atoms with Crippen molar-refractivity contribution in [2.75, 3.05) is 6.54 Å². The van der Waals surface area contributed by atoms with E-state index in [1.807, 2.05) is 20.8 Å². The molecule has 19 heavy (non-hydrogen) atoms. The predicted octanol–water partition coefficient (Wildman–Crippen LogP) is 2.85. The van der Waals surface area contributed by atoms with E-state index in [0.29, 0.717) is 13.0 Å². The van der Waals surface area contributed by atoms with E-state index in [-0.39, 0.29) is 12.1 Å². The molecule has 0 aromatic heterocycles. The number of carboxylic acid groups (broad SMARTS) is 1. The second kappa shape index (κ2) is 9.64. The van der Waals surface area contributed by atoms with Crippen molar-refractivity contribution in [1.82, 2.24) is 10.2 Å². The first-order valence-electron chi connectivity index (χ1n) is 7.23. The Morgan fingerprint density at radius 3 is 2.21 bits per heavy atom. The van der Waals surface area contributed by atoms with Gasteiger partial charge in [-0.3, -0.25) is 0 Å². The SMILES string of the molecule is CCCCCN(C(=O)N[C@H](CCC)C(=O)O)C(C)C. The zero-order valence-electron chi connectivity index (χ0n) is 12.6. The van der Waals surface area contributed by atoms with Crippen molar-refractivity contribution in [2.24, 2.45) is 0 Å². The molecule has 0 aromatic rings. The average molecular weight is 272 g/mol. The standard InChI is InChI=1S/C14H28N2O3/c1-5-7-8-10-16(11(3)4)14(19)15-12(9-6-2)13(17)18/h11-12H,5-10H2,1-4H3,(H,15,19)(H,17,18)/t12-/m1/s1. The van der Waals surface area contributed by atoms with Gasteiger partial charge in [0.1, 0.15) is 6.04 Å². The number of rotatable bonds is 9. The Balaban J connectivity index is 4.48. The second-order valence-electron chi connectivity index (χ2n) is 5.12. The molecule has 0 spiro atoms. The van der Waals surface area contributed by atoms with Crippen LogP contribution in [0.5, 0.6) is 0 Å². The van der Waals surface area contributed by atoms with Crippen LogP contribution in [0, 0.1) is 0 Å². The first-order chi connectivity index (χ1) is 8.93. The average Bonchev–Trinajstić information content (AvgIpc) is 2.33. The molecular formula is C14H28N2O3. The number of hydrogen-bond donors (Lipinski definition) is 2. The molecule has 0 aliphatic rings. The summed E-state index contributed by atoms with van der Waals surface area (Å²) in [5.74, 6) is -0.965. The summed E-state index contributed by atoms with van der Waals surface area (Å²) < 4.78 is 0. The van der Waals surface area contributed by atoms with Crippen LogP contribution >= 0.6 is 0 Å². The molecule has 112 valence electrons. The molecule has 0 saturated carbocycles. The first kappa shape index (κ1) is 17.7. The summed E-state index contributed by atoms with van der Waals surface area (Å²) in [5.41, 5.74) is 0. The van der Waals surface area contributed by atoms with Gasteiger partial charge in [-0.15, -0.1) is 0 Å². The minimum absolute atomic E-state index is 0.0768. The van der Waals surface area contributed by atoms with Crippen molar-refractivity contribution in [3.05, 3.63) is 0 Å². The van der Waals surface area contributed by atoms with Gasteiger partial charge in [0.15, 0.2) is 0 Å². The van der Waals surface area contributed by atoms with Crippen LogP contribution in [0.2, 0.25) is 0 Å². The molecule has 0 saturated heterocycles. The molecule has 2 amide bonds. The molecule has 0 heterocycles. The maximum atomic E-state index is 12.1. The van der Waals surface area contributed by atoms with Gasteiger partial charge >= 0.3 is 12.0 Å². The van der Waals surface area contributed by atoms with Gasteiger partial charge in [-0.05, 0) is 26.7 Å². The summed E-state index contributed by atoms with van der Waals surface area (Å²) in [6.45, 7) is 8.59. The summed E-state index contributed by atoms with van der Waals surface area (Å²) in [5, 5.41) is 11.7. The van der Waals surface area contributed by atoms with Crippen molar-refractivity contribution in [3.63, 3.8) is 0 Å². The highest BCUT2D eigenvalue weighted by Gasteiger charge is 2.23. The van der Waals surface area contributed by atoms with Crippen LogP contribution in [-0.2, 0) is 4.79 Å². The van der Waals surface area contributed by atoms with Gasteiger partial charge in [0.2, 0.25) is 0 Å². The molecule has 2 N–H and O–H groups in total. The molecule has 0 aromatic carbocycles. The lowest BCUT2D eigenvalue weighted by atomic mass is 10.1. The van der Waals surface area contributed by atoms with Crippen molar-refractivity contribution < 1.29 is 14.7 Å². The number of carbonyl (C=O) groups is 2. The van der Waals surface area contributed by atoms with Crippen LogP contribution in [0.3, 0.4) is 0 Å². The topological polar surface area (TPSA) is 69.6 Å². The molecule has 0 aliphatic heterocycles. The number of carboxylic acids is 1. The quantitative estimate of drug-likeness (QED) is 0.634. The fraction of sp³-hybridized carbons (Fsp3) is 0.857. The lowest BCUT2D eigenvalue weighted by Gasteiger charge is -2.28. The Bertz CT molecular complexity index is 280. The molecule has 0 unspecified atom stereocenters. The number of carbonyl (C=O) groups excluding carboxylic acids is 1. The number of unbranched alkanes of at least 4 members (excludes halogenated alkanes) is 2.